The zero-order valence-electron chi connectivity index (χ0n) is 11.9. The van der Waals surface area contributed by atoms with Crippen LogP contribution in [0.2, 0.25) is 0 Å². The lowest BCUT2D eigenvalue weighted by atomic mass is 10.2. The van der Waals surface area contributed by atoms with Gasteiger partial charge in [-0.2, -0.15) is 0 Å². The second-order valence-corrected chi connectivity index (χ2v) is 5.65. The van der Waals surface area contributed by atoms with Gasteiger partial charge in [-0.15, -0.1) is 10.2 Å². The Bertz CT molecular complexity index is 643. The predicted octanol–water partition coefficient (Wildman–Crippen LogP) is 3.01. The summed E-state index contributed by atoms with van der Waals surface area (Å²) in [5.41, 5.74) is 1.69. The summed E-state index contributed by atoms with van der Waals surface area (Å²) in [5, 5.41) is 11.4. The number of nitrogens with one attached hydrogen (secondary N) is 1. The lowest BCUT2D eigenvalue weighted by molar-refractivity contribution is 0.392. The van der Waals surface area contributed by atoms with Crippen LogP contribution in [-0.2, 0) is 0 Å². The van der Waals surface area contributed by atoms with Crippen LogP contribution < -0.4 is 10.1 Å². The van der Waals surface area contributed by atoms with Crippen LogP contribution in [0, 0.1) is 0 Å². The van der Waals surface area contributed by atoms with E-state index in [4.69, 9.17) is 4.74 Å². The number of halogens is 1. The highest BCUT2D eigenvalue weighted by atomic mass is 79.9. The second kappa shape index (κ2) is 5.93. The van der Waals surface area contributed by atoms with E-state index < -0.39 is 0 Å². The molecular formula is C14H16BrN5O. The van der Waals surface area contributed by atoms with Gasteiger partial charge in [0.2, 0.25) is 5.88 Å². The minimum atomic E-state index is 0.477. The average Bonchev–Trinajstić information content (AvgIpc) is 3.34. The first-order valence-corrected chi connectivity index (χ1v) is 7.71. The number of nitrogens with zero attached hydrogens (tertiary/aromatic N) is 4. The molecule has 1 aliphatic carbocycles. The van der Waals surface area contributed by atoms with E-state index in [-0.39, 0.29) is 0 Å². The van der Waals surface area contributed by atoms with E-state index >= 15 is 0 Å². The largest absolute Gasteiger partial charge is 0.480 e. The van der Waals surface area contributed by atoms with E-state index in [2.05, 4.69) is 41.4 Å². The first-order valence-electron chi connectivity index (χ1n) is 6.92. The van der Waals surface area contributed by atoms with Gasteiger partial charge in [0.05, 0.1) is 17.3 Å². The molecule has 6 nitrogen and oxygen atoms in total. The molecule has 110 valence electrons. The Balaban J connectivity index is 2.03. The standard InChI is InChI=1S/C14H16BrN5O/c1-3-16-14-11(15)12(8-4-5-8)17-13(18-14)9-6-7-10(21-2)20-19-9/h6-8H,3-5H2,1-2H3,(H,16,17,18). The molecule has 0 spiro atoms. The lowest BCUT2D eigenvalue weighted by Crippen LogP contribution is -2.06. The Hall–Kier alpha value is -1.76. The molecule has 0 atom stereocenters. The Morgan fingerprint density at radius 3 is 2.67 bits per heavy atom. The fourth-order valence-corrected chi connectivity index (χ4v) is 2.68. The van der Waals surface area contributed by atoms with Gasteiger partial charge in [-0.25, -0.2) is 9.97 Å². The summed E-state index contributed by atoms with van der Waals surface area (Å²) in [6, 6.07) is 3.58. The number of ether oxygens (including phenoxy) is 1. The Kier molecular flexibility index (Phi) is 4.01. The van der Waals surface area contributed by atoms with Crippen molar-refractivity contribution in [2.24, 2.45) is 0 Å². The third-order valence-electron chi connectivity index (χ3n) is 3.26. The Morgan fingerprint density at radius 1 is 1.29 bits per heavy atom. The SMILES string of the molecule is CCNc1nc(-c2ccc(OC)nn2)nc(C2CC2)c1Br. The second-order valence-electron chi connectivity index (χ2n) is 4.86. The highest BCUT2D eigenvalue weighted by Crippen LogP contribution is 2.44. The van der Waals surface area contributed by atoms with Crippen molar-refractivity contribution in [2.45, 2.75) is 25.7 Å². The molecule has 0 unspecified atom stereocenters. The van der Waals surface area contributed by atoms with Crippen molar-refractivity contribution in [1.29, 1.82) is 0 Å². The van der Waals surface area contributed by atoms with Gasteiger partial charge >= 0.3 is 0 Å². The smallest absolute Gasteiger partial charge is 0.233 e. The van der Waals surface area contributed by atoms with Crippen molar-refractivity contribution in [3.05, 3.63) is 22.3 Å². The number of hydrogen-bond acceptors (Lipinski definition) is 6. The van der Waals surface area contributed by atoms with E-state index in [9.17, 15) is 0 Å². The van der Waals surface area contributed by atoms with Crippen LogP contribution in [0.25, 0.3) is 11.5 Å². The number of aromatic nitrogens is 4. The fourth-order valence-electron chi connectivity index (χ4n) is 2.04. The summed E-state index contributed by atoms with van der Waals surface area (Å²) in [6.07, 6.45) is 2.35. The normalized spacial score (nSPS) is 14.0. The van der Waals surface area contributed by atoms with Gasteiger partial charge in [-0.1, -0.05) is 0 Å². The van der Waals surface area contributed by atoms with Gasteiger partial charge in [0.1, 0.15) is 11.5 Å². The van der Waals surface area contributed by atoms with Crippen LogP contribution in [0.4, 0.5) is 5.82 Å². The highest BCUT2D eigenvalue weighted by molar-refractivity contribution is 9.10. The minimum Gasteiger partial charge on any atom is -0.480 e. The molecule has 0 aromatic carbocycles. The molecular weight excluding hydrogens is 334 g/mol. The molecule has 0 saturated heterocycles. The van der Waals surface area contributed by atoms with E-state index in [0.717, 1.165) is 22.5 Å². The summed E-state index contributed by atoms with van der Waals surface area (Å²) in [5.74, 6) is 2.39. The molecule has 0 aliphatic heterocycles. The van der Waals surface area contributed by atoms with Gasteiger partial charge in [0, 0.05) is 18.5 Å². The summed E-state index contributed by atoms with van der Waals surface area (Å²) in [4.78, 5) is 9.21. The lowest BCUT2D eigenvalue weighted by Gasteiger charge is -2.11. The maximum atomic E-state index is 5.02. The third-order valence-corrected chi connectivity index (χ3v) is 4.05. The molecule has 0 bridgehead atoms. The fraction of sp³-hybridized carbons (Fsp3) is 0.429. The van der Waals surface area contributed by atoms with E-state index in [1.54, 1.807) is 13.2 Å². The Labute approximate surface area is 131 Å². The van der Waals surface area contributed by atoms with Crippen LogP contribution in [-0.4, -0.2) is 33.8 Å². The van der Waals surface area contributed by atoms with Crippen molar-refractivity contribution in [3.8, 4) is 17.4 Å². The van der Waals surface area contributed by atoms with Gasteiger partial charge in [-0.05, 0) is 41.8 Å². The quantitative estimate of drug-likeness (QED) is 0.894. The Morgan fingerprint density at radius 2 is 2.10 bits per heavy atom. The molecule has 1 aliphatic rings. The van der Waals surface area contributed by atoms with Crippen LogP contribution in [0.3, 0.4) is 0 Å². The van der Waals surface area contributed by atoms with Crippen LogP contribution >= 0.6 is 15.9 Å². The maximum Gasteiger partial charge on any atom is 0.233 e. The zero-order chi connectivity index (χ0) is 14.8. The van der Waals surface area contributed by atoms with Crippen molar-refractivity contribution in [1.82, 2.24) is 20.2 Å². The third kappa shape index (κ3) is 2.97. The first-order chi connectivity index (χ1) is 10.2. The maximum absolute atomic E-state index is 5.02. The van der Waals surface area contributed by atoms with E-state index in [1.807, 2.05) is 13.0 Å². The topological polar surface area (TPSA) is 72.8 Å². The molecule has 2 aromatic heterocycles. The van der Waals surface area contributed by atoms with Crippen LogP contribution in [0.5, 0.6) is 5.88 Å². The van der Waals surface area contributed by atoms with Crippen molar-refractivity contribution < 1.29 is 4.74 Å². The van der Waals surface area contributed by atoms with Crippen molar-refractivity contribution in [3.63, 3.8) is 0 Å². The molecule has 7 heteroatoms. The predicted molar refractivity (Wildman–Crippen MR) is 83.4 cm³/mol. The van der Waals surface area contributed by atoms with Crippen LogP contribution in [0.1, 0.15) is 31.4 Å². The molecule has 2 aromatic rings. The summed E-state index contributed by atoms with van der Waals surface area (Å²) in [7, 11) is 1.56. The molecule has 0 amide bonds. The molecule has 1 N–H and O–H groups in total. The van der Waals surface area contributed by atoms with E-state index in [0.29, 0.717) is 23.3 Å². The first kappa shape index (κ1) is 14.2. The van der Waals surface area contributed by atoms with Crippen molar-refractivity contribution >= 4 is 21.7 Å². The average molecular weight is 350 g/mol. The van der Waals surface area contributed by atoms with Crippen molar-refractivity contribution in [2.75, 3.05) is 19.0 Å². The van der Waals surface area contributed by atoms with Crippen LogP contribution in [0.15, 0.2) is 16.6 Å². The highest BCUT2D eigenvalue weighted by Gasteiger charge is 2.29. The number of methoxy groups -OCH3 is 1. The molecule has 3 rings (SSSR count). The van der Waals surface area contributed by atoms with Gasteiger partial charge in [-0.3, -0.25) is 0 Å². The molecule has 2 heterocycles. The minimum absolute atomic E-state index is 0.477. The summed E-state index contributed by atoms with van der Waals surface area (Å²) in [6.45, 7) is 2.84. The molecule has 1 saturated carbocycles. The van der Waals surface area contributed by atoms with Gasteiger partial charge in [0.15, 0.2) is 5.82 Å². The van der Waals surface area contributed by atoms with Gasteiger partial charge in [0.25, 0.3) is 0 Å². The van der Waals surface area contributed by atoms with E-state index in [1.165, 1.54) is 12.8 Å². The molecule has 1 fully saturated rings. The zero-order valence-corrected chi connectivity index (χ0v) is 13.5. The number of anilines is 1. The number of rotatable bonds is 5. The van der Waals surface area contributed by atoms with Gasteiger partial charge < -0.3 is 10.1 Å². The molecule has 0 radical (unpaired) electrons. The monoisotopic (exact) mass is 349 g/mol. The molecule has 21 heavy (non-hydrogen) atoms. The summed E-state index contributed by atoms with van der Waals surface area (Å²) < 4.78 is 5.98. The summed E-state index contributed by atoms with van der Waals surface area (Å²) >= 11 is 3.61. The number of hydrogen-bond donors (Lipinski definition) is 1.